The van der Waals surface area contributed by atoms with Gasteiger partial charge in [-0.05, 0) is 36.4 Å². The Bertz CT molecular complexity index is 962. The molecule has 4 rings (SSSR count). The molecule has 4 aromatic rings. The van der Waals surface area contributed by atoms with E-state index in [2.05, 4.69) is 15.3 Å². The first-order chi connectivity index (χ1) is 11.8. The van der Waals surface area contributed by atoms with Crippen molar-refractivity contribution in [2.45, 2.75) is 0 Å². The van der Waals surface area contributed by atoms with Crippen LogP contribution in [0.4, 0.5) is 5.82 Å². The van der Waals surface area contributed by atoms with E-state index in [9.17, 15) is 0 Å². The minimum atomic E-state index is 0.757. The zero-order chi connectivity index (χ0) is 16.4. The van der Waals surface area contributed by atoms with Gasteiger partial charge in [0.1, 0.15) is 11.5 Å². The topological polar surface area (TPSA) is 51.5 Å². The average molecular weight is 316 g/mol. The van der Waals surface area contributed by atoms with Gasteiger partial charge in [0.15, 0.2) is 11.5 Å². The van der Waals surface area contributed by atoms with E-state index < -0.39 is 0 Å². The van der Waals surface area contributed by atoms with Crippen LogP contribution in [0.2, 0.25) is 0 Å². The highest BCUT2D eigenvalue weighted by Gasteiger charge is 2.09. The van der Waals surface area contributed by atoms with Gasteiger partial charge < -0.3 is 10.1 Å². The molecule has 0 saturated carbocycles. The van der Waals surface area contributed by atoms with E-state index in [0.717, 1.165) is 34.2 Å². The summed E-state index contributed by atoms with van der Waals surface area (Å²) in [5, 5.41) is 3.06. The summed E-state index contributed by atoms with van der Waals surface area (Å²) >= 11 is 0. The van der Waals surface area contributed by atoms with E-state index in [4.69, 9.17) is 4.74 Å². The minimum absolute atomic E-state index is 0.757. The summed E-state index contributed by atoms with van der Waals surface area (Å²) < 4.78 is 7.85. The van der Waals surface area contributed by atoms with Crippen LogP contribution in [0.15, 0.2) is 73.2 Å². The molecule has 5 nitrogen and oxygen atoms in total. The molecule has 24 heavy (non-hydrogen) atoms. The summed E-state index contributed by atoms with van der Waals surface area (Å²) in [5.41, 5.74) is 2.88. The molecular formula is C19H16N4O. The third-order valence-electron chi connectivity index (χ3n) is 3.79. The molecule has 0 saturated heterocycles. The van der Waals surface area contributed by atoms with Crippen molar-refractivity contribution in [3.05, 3.63) is 73.2 Å². The SMILES string of the molecule is CNc1nccn2c(-c3ccc(Oc4ccccc4)cc3)cnc12. The maximum Gasteiger partial charge on any atom is 0.180 e. The van der Waals surface area contributed by atoms with Crippen LogP contribution in [-0.2, 0) is 0 Å². The van der Waals surface area contributed by atoms with Gasteiger partial charge >= 0.3 is 0 Å². The zero-order valence-electron chi connectivity index (χ0n) is 13.2. The van der Waals surface area contributed by atoms with Crippen LogP contribution in [0.3, 0.4) is 0 Å². The molecule has 118 valence electrons. The highest BCUT2D eigenvalue weighted by atomic mass is 16.5. The number of anilines is 1. The lowest BCUT2D eigenvalue weighted by Crippen LogP contribution is -1.97. The normalized spacial score (nSPS) is 10.7. The number of nitrogens with zero attached hydrogens (tertiary/aromatic N) is 3. The highest BCUT2D eigenvalue weighted by molar-refractivity contribution is 5.70. The molecule has 0 unspecified atom stereocenters. The number of rotatable bonds is 4. The molecular weight excluding hydrogens is 300 g/mol. The second-order valence-corrected chi connectivity index (χ2v) is 5.30. The fraction of sp³-hybridized carbons (Fsp3) is 0.0526. The molecule has 2 aromatic heterocycles. The van der Waals surface area contributed by atoms with Crippen LogP contribution in [0.5, 0.6) is 11.5 Å². The van der Waals surface area contributed by atoms with Gasteiger partial charge in [-0.2, -0.15) is 0 Å². The van der Waals surface area contributed by atoms with Crippen LogP contribution in [-0.4, -0.2) is 21.4 Å². The van der Waals surface area contributed by atoms with Crippen molar-refractivity contribution in [2.24, 2.45) is 0 Å². The van der Waals surface area contributed by atoms with Crippen molar-refractivity contribution in [1.29, 1.82) is 0 Å². The summed E-state index contributed by atoms with van der Waals surface area (Å²) in [7, 11) is 1.84. The molecule has 2 aromatic carbocycles. The Labute approximate surface area is 139 Å². The van der Waals surface area contributed by atoms with Gasteiger partial charge in [-0.3, -0.25) is 4.40 Å². The third kappa shape index (κ3) is 2.56. The fourth-order valence-electron chi connectivity index (χ4n) is 2.63. The maximum absolute atomic E-state index is 5.83. The zero-order valence-corrected chi connectivity index (χ0v) is 13.2. The number of hydrogen-bond acceptors (Lipinski definition) is 4. The first-order valence-electron chi connectivity index (χ1n) is 7.68. The van der Waals surface area contributed by atoms with E-state index in [1.807, 2.05) is 78.4 Å². The van der Waals surface area contributed by atoms with Crippen molar-refractivity contribution >= 4 is 11.5 Å². The summed E-state index contributed by atoms with van der Waals surface area (Å²) in [6.07, 6.45) is 5.52. The number of imidazole rings is 1. The quantitative estimate of drug-likeness (QED) is 0.612. The van der Waals surface area contributed by atoms with E-state index in [-0.39, 0.29) is 0 Å². The molecule has 0 radical (unpaired) electrons. The standard InChI is InChI=1S/C19H16N4O/c1-20-18-19-22-13-17(23(19)12-11-21-18)14-7-9-16(10-8-14)24-15-5-3-2-4-6-15/h2-13H,1H3,(H,20,21). The van der Waals surface area contributed by atoms with Gasteiger partial charge in [-0.1, -0.05) is 18.2 Å². The molecule has 0 bridgehead atoms. The largest absolute Gasteiger partial charge is 0.457 e. The Morgan fingerprint density at radius 2 is 1.67 bits per heavy atom. The van der Waals surface area contributed by atoms with Gasteiger partial charge in [-0.25, -0.2) is 9.97 Å². The molecule has 0 amide bonds. The van der Waals surface area contributed by atoms with E-state index in [1.165, 1.54) is 0 Å². The molecule has 1 N–H and O–H groups in total. The first-order valence-corrected chi connectivity index (χ1v) is 7.68. The summed E-state index contributed by atoms with van der Waals surface area (Å²) in [5.74, 6) is 2.38. The molecule has 0 aliphatic heterocycles. The molecule has 0 aliphatic carbocycles. The molecule has 5 heteroatoms. The van der Waals surface area contributed by atoms with Crippen LogP contribution < -0.4 is 10.1 Å². The Hall–Kier alpha value is -3.34. The number of aromatic nitrogens is 3. The number of nitrogens with one attached hydrogen (secondary N) is 1. The molecule has 0 spiro atoms. The van der Waals surface area contributed by atoms with Crippen molar-refractivity contribution in [3.63, 3.8) is 0 Å². The van der Waals surface area contributed by atoms with Gasteiger partial charge in [0.2, 0.25) is 0 Å². The molecule has 0 fully saturated rings. The lowest BCUT2D eigenvalue weighted by molar-refractivity contribution is 0.483. The highest BCUT2D eigenvalue weighted by Crippen LogP contribution is 2.27. The number of para-hydroxylation sites is 1. The predicted octanol–water partition coefficient (Wildman–Crippen LogP) is 4.23. The first kappa shape index (κ1) is 14.3. The van der Waals surface area contributed by atoms with Gasteiger partial charge in [0.25, 0.3) is 0 Å². The van der Waals surface area contributed by atoms with Crippen molar-refractivity contribution in [3.8, 4) is 22.8 Å². The lowest BCUT2D eigenvalue weighted by Gasteiger charge is -2.07. The minimum Gasteiger partial charge on any atom is -0.457 e. The second kappa shape index (κ2) is 6.04. The smallest absolute Gasteiger partial charge is 0.180 e. The number of benzene rings is 2. The van der Waals surface area contributed by atoms with Crippen molar-refractivity contribution in [2.75, 3.05) is 12.4 Å². The summed E-state index contributed by atoms with van der Waals surface area (Å²) in [4.78, 5) is 8.74. The second-order valence-electron chi connectivity index (χ2n) is 5.30. The van der Waals surface area contributed by atoms with Crippen LogP contribution >= 0.6 is 0 Å². The average Bonchev–Trinajstić information content (AvgIpc) is 3.07. The Balaban J connectivity index is 1.66. The fourth-order valence-corrected chi connectivity index (χ4v) is 2.63. The Morgan fingerprint density at radius 1 is 0.917 bits per heavy atom. The molecule has 0 aliphatic rings. The lowest BCUT2D eigenvalue weighted by atomic mass is 10.1. The van der Waals surface area contributed by atoms with Crippen molar-refractivity contribution < 1.29 is 4.74 Å². The van der Waals surface area contributed by atoms with Crippen LogP contribution in [0, 0.1) is 0 Å². The van der Waals surface area contributed by atoms with Crippen LogP contribution in [0.1, 0.15) is 0 Å². The number of hydrogen-bond donors (Lipinski definition) is 1. The van der Waals surface area contributed by atoms with Crippen molar-refractivity contribution in [1.82, 2.24) is 14.4 Å². The Kier molecular flexibility index (Phi) is 3.59. The predicted molar refractivity (Wildman–Crippen MR) is 94.5 cm³/mol. The number of fused-ring (bicyclic) bond motifs is 1. The molecule has 2 heterocycles. The van der Waals surface area contributed by atoms with Gasteiger partial charge in [0, 0.05) is 25.0 Å². The van der Waals surface area contributed by atoms with E-state index in [1.54, 1.807) is 6.20 Å². The summed E-state index contributed by atoms with van der Waals surface area (Å²) in [6.45, 7) is 0. The van der Waals surface area contributed by atoms with Gasteiger partial charge in [0.05, 0.1) is 11.9 Å². The monoisotopic (exact) mass is 316 g/mol. The molecule has 0 atom stereocenters. The van der Waals surface area contributed by atoms with E-state index in [0.29, 0.717) is 0 Å². The maximum atomic E-state index is 5.83. The number of ether oxygens (including phenoxy) is 1. The van der Waals surface area contributed by atoms with Gasteiger partial charge in [-0.15, -0.1) is 0 Å². The van der Waals surface area contributed by atoms with E-state index >= 15 is 0 Å². The third-order valence-corrected chi connectivity index (χ3v) is 3.79. The summed E-state index contributed by atoms with van der Waals surface area (Å²) in [6, 6.07) is 17.7. The Morgan fingerprint density at radius 3 is 2.42 bits per heavy atom. The van der Waals surface area contributed by atoms with Crippen LogP contribution in [0.25, 0.3) is 16.9 Å².